The molecule has 0 N–H and O–H groups in total. The third-order valence-corrected chi connectivity index (χ3v) is 4.92. The number of hydrogen-bond donors (Lipinski definition) is 0. The highest BCUT2D eigenvalue weighted by atomic mass is 16.5. The number of amides is 1. The fourth-order valence-electron chi connectivity index (χ4n) is 3.45. The van der Waals surface area contributed by atoms with Crippen molar-refractivity contribution in [2.45, 2.75) is 26.0 Å². The number of rotatable bonds is 4. The summed E-state index contributed by atoms with van der Waals surface area (Å²) in [4.78, 5) is 36.1. The molecule has 0 aliphatic carbocycles. The van der Waals surface area contributed by atoms with Gasteiger partial charge < -0.3 is 9.64 Å². The molecule has 1 aromatic carbocycles. The largest absolute Gasteiger partial charge is 0.377 e. The van der Waals surface area contributed by atoms with Gasteiger partial charge >= 0.3 is 11.7 Å². The molecule has 8 nitrogen and oxygen atoms in total. The van der Waals surface area contributed by atoms with Crippen molar-refractivity contribution in [3.05, 3.63) is 58.4 Å². The fourth-order valence-corrected chi connectivity index (χ4v) is 3.45. The first-order valence-electron chi connectivity index (χ1n) is 8.94. The Hall–Kier alpha value is -3.00. The lowest BCUT2D eigenvalue weighted by Crippen LogP contribution is -2.52. The topological polar surface area (TPSA) is 82.2 Å². The average Bonchev–Trinajstić information content (AvgIpc) is 2.92. The molecule has 140 valence electrons. The highest BCUT2D eigenvalue weighted by Gasteiger charge is 2.34. The minimum atomic E-state index is -0.385. The van der Waals surface area contributed by atoms with Crippen LogP contribution in [0.5, 0.6) is 0 Å². The number of nitrogens with zero attached hydrogens (tertiary/aromatic N) is 5. The molecule has 0 unspecified atom stereocenters. The van der Waals surface area contributed by atoms with E-state index in [1.807, 2.05) is 25.1 Å². The SMILES string of the molecule is CCn1c(=O)n(C(=O)N2CC(c3ccccc3)C2)c2cnc(COC)nc21. The summed E-state index contributed by atoms with van der Waals surface area (Å²) < 4.78 is 7.72. The zero-order valence-electron chi connectivity index (χ0n) is 15.3. The summed E-state index contributed by atoms with van der Waals surface area (Å²) in [6.07, 6.45) is 1.52. The average molecular weight is 367 g/mol. The molecule has 2 aromatic heterocycles. The van der Waals surface area contributed by atoms with Gasteiger partial charge in [-0.1, -0.05) is 30.3 Å². The van der Waals surface area contributed by atoms with Gasteiger partial charge in [0.1, 0.15) is 12.1 Å². The summed E-state index contributed by atoms with van der Waals surface area (Å²) >= 11 is 0. The van der Waals surface area contributed by atoms with Gasteiger partial charge in [-0.25, -0.2) is 24.1 Å². The Kier molecular flexibility index (Phi) is 4.49. The first-order chi connectivity index (χ1) is 13.1. The maximum Gasteiger partial charge on any atom is 0.338 e. The lowest BCUT2D eigenvalue weighted by atomic mass is 9.92. The molecule has 0 spiro atoms. The molecule has 0 atom stereocenters. The molecular weight excluding hydrogens is 346 g/mol. The summed E-state index contributed by atoms with van der Waals surface area (Å²) in [6.45, 7) is 3.71. The number of fused-ring (bicyclic) bond motifs is 1. The predicted molar refractivity (Wildman–Crippen MR) is 99.7 cm³/mol. The second kappa shape index (κ2) is 6.96. The van der Waals surface area contributed by atoms with Gasteiger partial charge in [-0.05, 0) is 12.5 Å². The van der Waals surface area contributed by atoms with E-state index in [0.717, 1.165) is 0 Å². The van der Waals surface area contributed by atoms with Crippen LogP contribution in [0, 0.1) is 0 Å². The van der Waals surface area contributed by atoms with Crippen molar-refractivity contribution in [1.82, 2.24) is 24.0 Å². The molecule has 0 bridgehead atoms. The number of methoxy groups -OCH3 is 1. The number of aryl methyl sites for hydroxylation is 1. The van der Waals surface area contributed by atoms with E-state index in [2.05, 4.69) is 22.1 Å². The number of imidazole rings is 1. The lowest BCUT2D eigenvalue weighted by molar-refractivity contribution is 0.152. The van der Waals surface area contributed by atoms with E-state index in [-0.39, 0.29) is 18.3 Å². The Morgan fingerprint density at radius 3 is 2.67 bits per heavy atom. The van der Waals surface area contributed by atoms with E-state index in [9.17, 15) is 9.59 Å². The van der Waals surface area contributed by atoms with Crippen LogP contribution < -0.4 is 5.69 Å². The van der Waals surface area contributed by atoms with Gasteiger partial charge in [-0.3, -0.25) is 4.57 Å². The Labute approximate surface area is 156 Å². The summed E-state index contributed by atoms with van der Waals surface area (Å²) in [5, 5.41) is 0. The standard InChI is InChI=1S/C19H21N5O3/c1-3-23-17-15(9-20-16(21-17)12-27-2)24(19(23)26)18(25)22-10-14(11-22)13-7-5-4-6-8-13/h4-9,14H,3,10-12H2,1-2H3. The van der Waals surface area contributed by atoms with Gasteiger partial charge in [0.05, 0.1) is 6.20 Å². The Morgan fingerprint density at radius 1 is 1.26 bits per heavy atom. The zero-order valence-corrected chi connectivity index (χ0v) is 15.3. The van der Waals surface area contributed by atoms with E-state index < -0.39 is 0 Å². The summed E-state index contributed by atoms with van der Waals surface area (Å²) in [5.74, 6) is 0.778. The van der Waals surface area contributed by atoms with E-state index in [1.54, 1.807) is 12.0 Å². The Bertz CT molecular complexity index is 1030. The van der Waals surface area contributed by atoms with Crippen LogP contribution >= 0.6 is 0 Å². The van der Waals surface area contributed by atoms with Crippen LogP contribution in [0.2, 0.25) is 0 Å². The van der Waals surface area contributed by atoms with Gasteiger partial charge in [0, 0.05) is 32.7 Å². The number of benzene rings is 1. The van der Waals surface area contributed by atoms with Crippen molar-refractivity contribution in [2.75, 3.05) is 20.2 Å². The molecule has 0 radical (unpaired) electrons. The van der Waals surface area contributed by atoms with Crippen LogP contribution in [-0.2, 0) is 17.9 Å². The molecule has 1 saturated heterocycles. The molecule has 27 heavy (non-hydrogen) atoms. The lowest BCUT2D eigenvalue weighted by Gasteiger charge is -2.39. The van der Waals surface area contributed by atoms with Gasteiger partial charge in [-0.15, -0.1) is 0 Å². The number of carbonyl (C=O) groups is 1. The number of hydrogen-bond acceptors (Lipinski definition) is 5. The maximum atomic E-state index is 13.0. The Morgan fingerprint density at radius 2 is 2.00 bits per heavy atom. The molecule has 1 amide bonds. The minimum absolute atomic E-state index is 0.248. The molecule has 1 fully saturated rings. The highest BCUT2D eigenvalue weighted by molar-refractivity contribution is 5.88. The van der Waals surface area contributed by atoms with E-state index >= 15 is 0 Å². The third kappa shape index (κ3) is 2.91. The van der Waals surface area contributed by atoms with Crippen molar-refractivity contribution in [1.29, 1.82) is 0 Å². The first-order valence-corrected chi connectivity index (χ1v) is 8.94. The minimum Gasteiger partial charge on any atom is -0.377 e. The van der Waals surface area contributed by atoms with Crippen molar-refractivity contribution < 1.29 is 9.53 Å². The highest BCUT2D eigenvalue weighted by Crippen LogP contribution is 2.27. The van der Waals surface area contributed by atoms with Crippen molar-refractivity contribution in [3.63, 3.8) is 0 Å². The number of ether oxygens (including phenoxy) is 1. The second-order valence-electron chi connectivity index (χ2n) is 6.59. The number of carbonyl (C=O) groups excluding carboxylic acids is 1. The molecule has 1 aliphatic heterocycles. The predicted octanol–water partition coefficient (Wildman–Crippen LogP) is 1.83. The van der Waals surface area contributed by atoms with Crippen LogP contribution in [0.15, 0.2) is 41.3 Å². The van der Waals surface area contributed by atoms with Crippen LogP contribution in [0.1, 0.15) is 24.2 Å². The normalized spacial score (nSPS) is 14.5. The zero-order chi connectivity index (χ0) is 19.0. The summed E-state index contributed by atoms with van der Waals surface area (Å²) in [7, 11) is 1.56. The van der Waals surface area contributed by atoms with Crippen molar-refractivity contribution in [3.8, 4) is 0 Å². The molecule has 0 saturated carbocycles. The second-order valence-corrected chi connectivity index (χ2v) is 6.59. The van der Waals surface area contributed by atoms with Gasteiger partial charge in [0.25, 0.3) is 0 Å². The number of aromatic nitrogens is 4. The van der Waals surface area contributed by atoms with Gasteiger partial charge in [0.2, 0.25) is 0 Å². The number of likely N-dealkylation sites (tertiary alicyclic amines) is 1. The van der Waals surface area contributed by atoms with Crippen LogP contribution in [0.25, 0.3) is 11.2 Å². The molecular formula is C19H21N5O3. The van der Waals surface area contributed by atoms with E-state index in [4.69, 9.17) is 4.74 Å². The summed E-state index contributed by atoms with van der Waals surface area (Å²) in [6, 6.07) is 9.76. The molecule has 4 rings (SSSR count). The van der Waals surface area contributed by atoms with Crippen molar-refractivity contribution >= 4 is 17.2 Å². The maximum absolute atomic E-state index is 13.0. The molecule has 3 aromatic rings. The first kappa shape index (κ1) is 17.4. The fraction of sp³-hybridized carbons (Fsp3) is 0.368. The molecule has 1 aliphatic rings. The third-order valence-electron chi connectivity index (χ3n) is 4.92. The van der Waals surface area contributed by atoms with Crippen molar-refractivity contribution in [2.24, 2.45) is 0 Å². The molecule has 8 heteroatoms. The van der Waals surface area contributed by atoms with Crippen LogP contribution in [-0.4, -0.2) is 50.2 Å². The quantitative estimate of drug-likeness (QED) is 0.703. The van der Waals surface area contributed by atoms with Crippen LogP contribution in [0.4, 0.5) is 4.79 Å². The smallest absolute Gasteiger partial charge is 0.338 e. The van der Waals surface area contributed by atoms with Gasteiger partial charge in [0.15, 0.2) is 11.5 Å². The van der Waals surface area contributed by atoms with Crippen LogP contribution in [0.3, 0.4) is 0 Å². The molecule has 3 heterocycles. The Balaban J connectivity index is 1.65. The van der Waals surface area contributed by atoms with E-state index in [0.29, 0.717) is 42.5 Å². The van der Waals surface area contributed by atoms with Gasteiger partial charge in [-0.2, -0.15) is 0 Å². The van der Waals surface area contributed by atoms with E-state index in [1.165, 1.54) is 20.9 Å². The summed E-state index contributed by atoms with van der Waals surface area (Å²) in [5.41, 5.74) is 1.70. The monoisotopic (exact) mass is 367 g/mol.